The van der Waals surface area contributed by atoms with E-state index < -0.39 is 0 Å². The van der Waals surface area contributed by atoms with Crippen LogP contribution in [0.3, 0.4) is 0 Å². The Bertz CT molecular complexity index is 527. The molecule has 1 saturated heterocycles. The summed E-state index contributed by atoms with van der Waals surface area (Å²) in [6.07, 6.45) is 2.90. The highest BCUT2D eigenvalue weighted by atomic mass is 16.5. The van der Waals surface area contributed by atoms with Crippen molar-refractivity contribution in [2.75, 3.05) is 26.8 Å². The van der Waals surface area contributed by atoms with E-state index in [9.17, 15) is 0 Å². The van der Waals surface area contributed by atoms with Gasteiger partial charge in [0.2, 0.25) is 0 Å². The van der Waals surface area contributed by atoms with Crippen molar-refractivity contribution in [3.05, 3.63) is 30.0 Å². The second-order valence-electron chi connectivity index (χ2n) is 4.47. The molecule has 2 heterocycles. The Kier molecular flexibility index (Phi) is 3.21. The minimum absolute atomic E-state index is 0.0563. The van der Waals surface area contributed by atoms with Crippen LogP contribution in [-0.4, -0.2) is 26.8 Å². The fourth-order valence-electron chi connectivity index (χ4n) is 2.32. The molecule has 1 atom stereocenters. The molecule has 2 aromatic rings. The Labute approximate surface area is 106 Å². The van der Waals surface area contributed by atoms with Crippen molar-refractivity contribution < 1.29 is 13.9 Å². The molecule has 0 saturated carbocycles. The molecule has 4 heteroatoms. The predicted molar refractivity (Wildman–Crippen MR) is 68.9 cm³/mol. The van der Waals surface area contributed by atoms with Gasteiger partial charge >= 0.3 is 0 Å². The van der Waals surface area contributed by atoms with Gasteiger partial charge in [0.1, 0.15) is 11.3 Å². The van der Waals surface area contributed by atoms with Gasteiger partial charge in [-0.25, -0.2) is 0 Å². The highest BCUT2D eigenvalue weighted by molar-refractivity contribution is 5.83. The zero-order chi connectivity index (χ0) is 12.4. The van der Waals surface area contributed by atoms with Crippen molar-refractivity contribution in [1.82, 2.24) is 5.32 Å². The monoisotopic (exact) mass is 247 g/mol. The van der Waals surface area contributed by atoms with Crippen LogP contribution in [0.25, 0.3) is 11.0 Å². The van der Waals surface area contributed by atoms with E-state index >= 15 is 0 Å². The van der Waals surface area contributed by atoms with Crippen molar-refractivity contribution in [1.29, 1.82) is 0 Å². The van der Waals surface area contributed by atoms with E-state index in [4.69, 9.17) is 13.9 Å². The van der Waals surface area contributed by atoms with E-state index in [-0.39, 0.29) is 6.10 Å². The second kappa shape index (κ2) is 5.00. The lowest BCUT2D eigenvalue weighted by Crippen LogP contribution is -2.19. The Morgan fingerprint density at radius 1 is 1.39 bits per heavy atom. The van der Waals surface area contributed by atoms with Gasteiger partial charge < -0.3 is 19.2 Å². The quantitative estimate of drug-likeness (QED) is 0.885. The molecule has 1 aromatic carbocycles. The van der Waals surface area contributed by atoms with Gasteiger partial charge in [0.25, 0.3) is 0 Å². The minimum Gasteiger partial charge on any atom is -0.497 e. The summed E-state index contributed by atoms with van der Waals surface area (Å²) in [5.74, 6) is 0.840. The van der Waals surface area contributed by atoms with Gasteiger partial charge in [-0.05, 0) is 31.2 Å². The van der Waals surface area contributed by atoms with Crippen LogP contribution in [-0.2, 0) is 4.74 Å². The van der Waals surface area contributed by atoms with Crippen molar-refractivity contribution in [3.8, 4) is 5.75 Å². The zero-order valence-electron chi connectivity index (χ0n) is 10.4. The van der Waals surface area contributed by atoms with Crippen LogP contribution in [0.2, 0.25) is 0 Å². The zero-order valence-corrected chi connectivity index (χ0v) is 10.4. The number of furan rings is 1. The molecule has 4 nitrogen and oxygen atoms in total. The van der Waals surface area contributed by atoms with Gasteiger partial charge in [0.15, 0.2) is 0 Å². The fourth-order valence-corrected chi connectivity index (χ4v) is 2.32. The molecule has 1 aliphatic heterocycles. The van der Waals surface area contributed by atoms with Crippen molar-refractivity contribution >= 4 is 11.0 Å². The van der Waals surface area contributed by atoms with Crippen LogP contribution in [0.5, 0.6) is 5.75 Å². The van der Waals surface area contributed by atoms with Crippen LogP contribution in [0, 0.1) is 0 Å². The van der Waals surface area contributed by atoms with E-state index in [0.29, 0.717) is 0 Å². The summed E-state index contributed by atoms with van der Waals surface area (Å²) in [5.41, 5.74) is 1.97. The Balaban J connectivity index is 1.99. The Hall–Kier alpha value is -1.52. The molecule has 1 unspecified atom stereocenters. The molecule has 0 radical (unpaired) electrons. The third kappa shape index (κ3) is 2.09. The van der Waals surface area contributed by atoms with E-state index in [1.54, 1.807) is 13.4 Å². The van der Waals surface area contributed by atoms with Crippen LogP contribution in [0.1, 0.15) is 18.1 Å². The van der Waals surface area contributed by atoms with E-state index in [0.717, 1.165) is 48.4 Å². The first-order valence-electron chi connectivity index (χ1n) is 6.26. The molecule has 0 bridgehead atoms. The third-order valence-corrected chi connectivity index (χ3v) is 3.30. The molecular weight excluding hydrogens is 230 g/mol. The third-order valence-electron chi connectivity index (χ3n) is 3.30. The number of hydrogen-bond donors (Lipinski definition) is 1. The smallest absolute Gasteiger partial charge is 0.134 e. The summed E-state index contributed by atoms with van der Waals surface area (Å²) in [6.45, 7) is 2.62. The summed E-state index contributed by atoms with van der Waals surface area (Å²) in [6, 6.07) is 5.84. The van der Waals surface area contributed by atoms with Crippen LogP contribution >= 0.6 is 0 Å². The maximum absolute atomic E-state index is 5.87. The predicted octanol–water partition coefficient (Wildman–Crippen LogP) is 2.49. The largest absolute Gasteiger partial charge is 0.497 e. The first kappa shape index (κ1) is 11.6. The summed E-state index contributed by atoms with van der Waals surface area (Å²) in [7, 11) is 1.67. The number of methoxy groups -OCH3 is 1. The van der Waals surface area contributed by atoms with E-state index in [2.05, 4.69) is 5.32 Å². The maximum Gasteiger partial charge on any atom is 0.134 e. The average molecular weight is 247 g/mol. The van der Waals surface area contributed by atoms with Crippen molar-refractivity contribution in [2.24, 2.45) is 0 Å². The molecule has 1 aromatic heterocycles. The van der Waals surface area contributed by atoms with Gasteiger partial charge in [-0.15, -0.1) is 0 Å². The van der Waals surface area contributed by atoms with Crippen LogP contribution < -0.4 is 10.1 Å². The molecule has 0 spiro atoms. The van der Waals surface area contributed by atoms with Gasteiger partial charge in [0.05, 0.1) is 19.5 Å². The Morgan fingerprint density at radius 3 is 3.22 bits per heavy atom. The van der Waals surface area contributed by atoms with Gasteiger partial charge in [0, 0.05) is 24.1 Å². The van der Waals surface area contributed by atoms with Crippen molar-refractivity contribution in [2.45, 2.75) is 12.5 Å². The number of hydrogen-bond acceptors (Lipinski definition) is 4. The molecule has 18 heavy (non-hydrogen) atoms. The lowest BCUT2D eigenvalue weighted by Gasteiger charge is -2.13. The average Bonchev–Trinajstić information content (AvgIpc) is 2.64. The maximum atomic E-state index is 5.87. The Morgan fingerprint density at radius 2 is 2.33 bits per heavy atom. The molecule has 96 valence electrons. The topological polar surface area (TPSA) is 43.6 Å². The molecule has 3 rings (SSSR count). The van der Waals surface area contributed by atoms with Gasteiger partial charge in [-0.3, -0.25) is 0 Å². The second-order valence-corrected chi connectivity index (χ2v) is 4.47. The number of nitrogens with one attached hydrogen (secondary N) is 1. The number of ether oxygens (including phenoxy) is 2. The fraction of sp³-hybridized carbons (Fsp3) is 0.429. The highest BCUT2D eigenvalue weighted by Crippen LogP contribution is 2.31. The molecule has 1 N–H and O–H groups in total. The number of rotatable bonds is 2. The van der Waals surface area contributed by atoms with Gasteiger partial charge in [-0.1, -0.05) is 0 Å². The van der Waals surface area contributed by atoms with Crippen molar-refractivity contribution in [3.63, 3.8) is 0 Å². The van der Waals surface area contributed by atoms with Crippen LogP contribution in [0.15, 0.2) is 28.9 Å². The molecular formula is C14H17NO3. The molecule has 0 aliphatic carbocycles. The number of benzene rings is 1. The van der Waals surface area contributed by atoms with E-state index in [1.807, 2.05) is 18.2 Å². The normalized spacial score (nSPS) is 20.8. The summed E-state index contributed by atoms with van der Waals surface area (Å²) >= 11 is 0. The lowest BCUT2D eigenvalue weighted by atomic mass is 10.1. The van der Waals surface area contributed by atoms with Gasteiger partial charge in [-0.2, -0.15) is 0 Å². The summed E-state index contributed by atoms with van der Waals surface area (Å²) < 4.78 is 16.7. The first-order chi connectivity index (χ1) is 8.88. The number of fused-ring (bicyclic) bond motifs is 1. The molecule has 1 fully saturated rings. The molecule has 1 aliphatic rings. The first-order valence-corrected chi connectivity index (χ1v) is 6.26. The SMILES string of the molecule is COc1ccc2occ(C3CNCCCO3)c2c1. The standard InChI is InChI=1S/C14H17NO3/c1-16-10-3-4-13-11(7-10)12(9-18-13)14-8-15-5-2-6-17-14/h3-4,7,9,14-15H,2,5-6,8H2,1H3. The summed E-state index contributed by atoms with van der Waals surface area (Å²) in [5, 5.41) is 4.45. The van der Waals surface area contributed by atoms with E-state index in [1.165, 1.54) is 0 Å². The summed E-state index contributed by atoms with van der Waals surface area (Å²) in [4.78, 5) is 0. The highest BCUT2D eigenvalue weighted by Gasteiger charge is 2.19. The lowest BCUT2D eigenvalue weighted by molar-refractivity contribution is 0.0673. The molecule has 0 amide bonds. The van der Waals surface area contributed by atoms with Crippen LogP contribution in [0.4, 0.5) is 0 Å². The minimum atomic E-state index is 0.0563.